The number of aryl methyl sites for hydroxylation is 3. The predicted octanol–water partition coefficient (Wildman–Crippen LogP) is 5.24. The Morgan fingerprint density at radius 1 is 1.11 bits per heavy atom. The molecule has 0 radical (unpaired) electrons. The smallest absolute Gasteiger partial charge is 0.271 e. The Morgan fingerprint density at radius 2 is 1.81 bits per heavy atom. The highest BCUT2D eigenvalue weighted by molar-refractivity contribution is 6.32. The first-order valence-corrected chi connectivity index (χ1v) is 11.8. The zero-order valence-electron chi connectivity index (χ0n) is 21.1. The average molecular weight is 521 g/mol. The summed E-state index contributed by atoms with van der Waals surface area (Å²) in [5.74, 6) is -0.0809. The third kappa shape index (κ3) is 4.43. The number of furan rings is 1. The van der Waals surface area contributed by atoms with Gasteiger partial charge in [0.15, 0.2) is 17.3 Å². The number of hydrogen-bond acceptors (Lipinski definition) is 7. The van der Waals surface area contributed by atoms with Crippen LogP contribution in [-0.4, -0.2) is 29.7 Å². The molecule has 1 N–H and O–H groups in total. The summed E-state index contributed by atoms with van der Waals surface area (Å²) in [6.07, 6.45) is 0.316. The quantitative estimate of drug-likeness (QED) is 0.331. The Kier molecular flexibility index (Phi) is 7.01. The van der Waals surface area contributed by atoms with Gasteiger partial charge in [0.05, 0.1) is 19.8 Å². The number of carbonyl (C=O) groups is 1. The number of carbonyl (C=O) groups excluding carboxylic acids is 1. The monoisotopic (exact) mass is 520 g/mol. The summed E-state index contributed by atoms with van der Waals surface area (Å²) in [7, 11) is 3.05. The van der Waals surface area contributed by atoms with Gasteiger partial charge in [-0.2, -0.15) is 5.26 Å². The van der Waals surface area contributed by atoms with Gasteiger partial charge < -0.3 is 19.0 Å². The second-order valence-electron chi connectivity index (χ2n) is 8.69. The van der Waals surface area contributed by atoms with Crippen LogP contribution in [0.3, 0.4) is 0 Å². The van der Waals surface area contributed by atoms with E-state index in [0.29, 0.717) is 39.5 Å². The molecule has 0 atom stereocenters. The van der Waals surface area contributed by atoms with Gasteiger partial charge in [-0.25, -0.2) is 0 Å². The Hall–Kier alpha value is -4.22. The number of ether oxygens (including phenoxy) is 2. The second kappa shape index (κ2) is 10.0. The standard InChI is InChI=1S/C28H25ClN2O6/c1-14-10-22-18(12-20(14)29)16(3)26(37-22)25(32)24-15(2)19(13-30)27(33)31(28(24)34)9-8-17-6-7-21(35-4)23(11-17)36-5/h6-7,10-12,34H,8-9H2,1-5H3. The van der Waals surface area contributed by atoms with E-state index in [-0.39, 0.29) is 29.0 Å². The zero-order chi connectivity index (χ0) is 27.0. The van der Waals surface area contributed by atoms with Crippen LogP contribution >= 0.6 is 11.6 Å². The first kappa shape index (κ1) is 25.9. The molecule has 0 aliphatic rings. The van der Waals surface area contributed by atoms with Gasteiger partial charge in [0.25, 0.3) is 5.56 Å². The molecule has 0 saturated heterocycles. The van der Waals surface area contributed by atoms with E-state index in [9.17, 15) is 20.0 Å². The van der Waals surface area contributed by atoms with Crippen LogP contribution in [0.5, 0.6) is 17.4 Å². The van der Waals surface area contributed by atoms with Crippen LogP contribution in [0.15, 0.2) is 39.5 Å². The normalized spacial score (nSPS) is 10.9. The molecular formula is C28H25ClN2O6. The number of hydrogen-bond donors (Lipinski definition) is 1. The fourth-order valence-electron chi connectivity index (χ4n) is 4.38. The number of fused-ring (bicyclic) bond motifs is 1. The Balaban J connectivity index is 1.80. The van der Waals surface area contributed by atoms with Crippen molar-refractivity contribution in [2.24, 2.45) is 0 Å². The van der Waals surface area contributed by atoms with E-state index in [1.54, 1.807) is 37.3 Å². The van der Waals surface area contributed by atoms with Gasteiger partial charge >= 0.3 is 0 Å². The van der Waals surface area contributed by atoms with Crippen LogP contribution in [0.4, 0.5) is 0 Å². The first-order valence-electron chi connectivity index (χ1n) is 11.4. The SMILES string of the molecule is COc1ccc(CCn2c(O)c(C(=O)c3oc4cc(C)c(Cl)cc4c3C)c(C)c(C#N)c2=O)cc1OC. The number of halogens is 1. The molecule has 0 aliphatic heterocycles. The summed E-state index contributed by atoms with van der Waals surface area (Å²) in [5.41, 5.74) is 1.64. The molecular weight excluding hydrogens is 496 g/mol. The number of rotatable bonds is 7. The van der Waals surface area contributed by atoms with E-state index in [1.807, 2.05) is 13.0 Å². The van der Waals surface area contributed by atoms with E-state index in [2.05, 4.69) is 0 Å². The van der Waals surface area contributed by atoms with Gasteiger partial charge in [0.1, 0.15) is 17.2 Å². The molecule has 0 spiro atoms. The zero-order valence-corrected chi connectivity index (χ0v) is 21.8. The summed E-state index contributed by atoms with van der Waals surface area (Å²) < 4.78 is 17.5. The third-order valence-corrected chi connectivity index (χ3v) is 6.93. The van der Waals surface area contributed by atoms with Crippen molar-refractivity contribution in [2.75, 3.05) is 14.2 Å². The van der Waals surface area contributed by atoms with E-state index in [1.165, 1.54) is 21.1 Å². The molecule has 2 aromatic carbocycles. The number of aromatic nitrogens is 1. The number of nitrogens with zero attached hydrogens (tertiary/aromatic N) is 2. The number of benzene rings is 2. The van der Waals surface area contributed by atoms with Gasteiger partial charge in [-0.3, -0.25) is 14.2 Å². The Labute approximate surface area is 218 Å². The Morgan fingerprint density at radius 3 is 2.46 bits per heavy atom. The molecule has 0 bridgehead atoms. The van der Waals surface area contributed by atoms with E-state index >= 15 is 0 Å². The molecule has 0 aliphatic carbocycles. The number of pyridine rings is 1. The molecule has 0 amide bonds. The molecule has 190 valence electrons. The molecule has 8 nitrogen and oxygen atoms in total. The van der Waals surface area contributed by atoms with Crippen molar-refractivity contribution in [3.8, 4) is 23.4 Å². The summed E-state index contributed by atoms with van der Waals surface area (Å²) >= 11 is 6.26. The lowest BCUT2D eigenvalue weighted by Crippen LogP contribution is -2.27. The highest BCUT2D eigenvalue weighted by Gasteiger charge is 2.29. The largest absolute Gasteiger partial charge is 0.494 e. The number of nitriles is 1. The summed E-state index contributed by atoms with van der Waals surface area (Å²) in [6, 6.07) is 10.6. The summed E-state index contributed by atoms with van der Waals surface area (Å²) in [5, 5.41) is 22.0. The second-order valence-corrected chi connectivity index (χ2v) is 9.10. The minimum Gasteiger partial charge on any atom is -0.494 e. The van der Waals surface area contributed by atoms with Crippen LogP contribution in [0.1, 0.15) is 43.9 Å². The van der Waals surface area contributed by atoms with Crippen LogP contribution in [-0.2, 0) is 13.0 Å². The molecule has 0 unspecified atom stereocenters. The fourth-order valence-corrected chi connectivity index (χ4v) is 4.54. The number of aromatic hydroxyl groups is 1. The summed E-state index contributed by atoms with van der Waals surface area (Å²) in [6.45, 7) is 5.02. The molecule has 2 aromatic heterocycles. The third-order valence-electron chi connectivity index (χ3n) is 6.52. The first-order chi connectivity index (χ1) is 17.6. The highest BCUT2D eigenvalue weighted by atomic mass is 35.5. The van der Waals surface area contributed by atoms with Gasteiger partial charge in [0, 0.05) is 22.5 Å². The number of methoxy groups -OCH3 is 2. The molecule has 37 heavy (non-hydrogen) atoms. The maximum Gasteiger partial charge on any atom is 0.271 e. The fraction of sp³-hybridized carbons (Fsp3) is 0.250. The van der Waals surface area contributed by atoms with Crippen molar-refractivity contribution in [1.82, 2.24) is 4.57 Å². The van der Waals surface area contributed by atoms with Crippen LogP contribution in [0.2, 0.25) is 5.02 Å². The van der Waals surface area contributed by atoms with E-state index in [0.717, 1.165) is 15.7 Å². The maximum absolute atomic E-state index is 13.7. The lowest BCUT2D eigenvalue weighted by Gasteiger charge is -2.16. The molecule has 4 rings (SSSR count). The van der Waals surface area contributed by atoms with Gasteiger partial charge in [0.2, 0.25) is 11.7 Å². The molecule has 9 heteroatoms. The molecule has 4 aromatic rings. The van der Waals surface area contributed by atoms with Crippen LogP contribution in [0, 0.1) is 32.1 Å². The predicted molar refractivity (Wildman–Crippen MR) is 139 cm³/mol. The lowest BCUT2D eigenvalue weighted by molar-refractivity contribution is 0.100. The van der Waals surface area contributed by atoms with Gasteiger partial charge in [-0.05, 0) is 68.1 Å². The van der Waals surface area contributed by atoms with Crippen molar-refractivity contribution in [3.05, 3.63) is 84.8 Å². The highest BCUT2D eigenvalue weighted by Crippen LogP contribution is 2.34. The van der Waals surface area contributed by atoms with Crippen molar-refractivity contribution in [2.45, 2.75) is 33.7 Å². The maximum atomic E-state index is 13.7. The lowest BCUT2D eigenvalue weighted by atomic mass is 9.98. The average Bonchev–Trinajstić information content (AvgIpc) is 3.19. The van der Waals surface area contributed by atoms with Crippen LogP contribution in [0.25, 0.3) is 11.0 Å². The van der Waals surface area contributed by atoms with Crippen molar-refractivity contribution in [1.29, 1.82) is 5.26 Å². The minimum absolute atomic E-state index is 0.00375. The summed E-state index contributed by atoms with van der Waals surface area (Å²) in [4.78, 5) is 26.7. The molecule has 0 fully saturated rings. The van der Waals surface area contributed by atoms with Crippen molar-refractivity contribution >= 4 is 28.4 Å². The number of ketones is 1. The van der Waals surface area contributed by atoms with E-state index in [4.69, 9.17) is 25.5 Å². The van der Waals surface area contributed by atoms with Crippen molar-refractivity contribution < 1.29 is 23.8 Å². The topological polar surface area (TPSA) is 115 Å². The van der Waals surface area contributed by atoms with Crippen molar-refractivity contribution in [3.63, 3.8) is 0 Å². The molecule has 2 heterocycles. The van der Waals surface area contributed by atoms with Gasteiger partial charge in [-0.15, -0.1) is 0 Å². The van der Waals surface area contributed by atoms with Crippen LogP contribution < -0.4 is 15.0 Å². The van der Waals surface area contributed by atoms with Gasteiger partial charge in [-0.1, -0.05) is 17.7 Å². The Bertz CT molecular complexity index is 1660. The minimum atomic E-state index is -0.682. The van der Waals surface area contributed by atoms with E-state index < -0.39 is 17.2 Å². The molecule has 0 saturated carbocycles.